The van der Waals surface area contributed by atoms with Crippen molar-refractivity contribution in [3.63, 3.8) is 0 Å². The van der Waals surface area contributed by atoms with E-state index in [2.05, 4.69) is 11.5 Å². The van der Waals surface area contributed by atoms with Crippen molar-refractivity contribution < 1.29 is 19.3 Å². The van der Waals surface area contributed by atoms with Crippen LogP contribution in [-0.4, -0.2) is 34.3 Å². The summed E-state index contributed by atoms with van der Waals surface area (Å²) in [5.74, 6) is 0.329. The molecule has 0 unspecified atom stereocenters. The minimum atomic E-state index is -0.981. The quantitative estimate of drug-likeness (QED) is 0.715. The first-order valence-corrected chi connectivity index (χ1v) is 10.2. The fourth-order valence-electron chi connectivity index (χ4n) is 5.09. The van der Waals surface area contributed by atoms with Crippen LogP contribution in [0.2, 0.25) is 0 Å². The highest BCUT2D eigenvalue weighted by Gasteiger charge is 2.48. The molecule has 2 aliphatic rings. The number of hydrogen-bond acceptors (Lipinski definition) is 4. The third kappa shape index (κ3) is 3.77. The highest BCUT2D eigenvalue weighted by Crippen LogP contribution is 2.46. The smallest absolute Gasteiger partial charge is 0.161 e. The summed E-state index contributed by atoms with van der Waals surface area (Å²) >= 11 is 0. The van der Waals surface area contributed by atoms with Gasteiger partial charge in [-0.2, -0.15) is 0 Å². The second-order valence-electron chi connectivity index (χ2n) is 8.31. The molecule has 0 spiro atoms. The van der Waals surface area contributed by atoms with Crippen molar-refractivity contribution in [2.24, 2.45) is 0 Å². The van der Waals surface area contributed by atoms with Crippen LogP contribution >= 0.6 is 0 Å². The van der Waals surface area contributed by atoms with Gasteiger partial charge in [-0.15, -0.1) is 6.58 Å². The molecule has 4 rings (SSSR count). The van der Waals surface area contributed by atoms with E-state index in [1.165, 1.54) is 12.1 Å². The normalized spacial score (nSPS) is 26.4. The summed E-state index contributed by atoms with van der Waals surface area (Å²) in [6, 6.07) is 10.7. The fraction of sp³-hybridized carbons (Fsp3) is 0.417. The van der Waals surface area contributed by atoms with Crippen molar-refractivity contribution in [2.75, 3.05) is 7.11 Å². The number of ether oxygens (including phenoxy) is 1. The highest BCUT2D eigenvalue weighted by molar-refractivity contribution is 5.49. The molecule has 2 N–H and O–H groups in total. The van der Waals surface area contributed by atoms with Crippen LogP contribution in [0, 0.1) is 5.82 Å². The lowest BCUT2D eigenvalue weighted by Crippen LogP contribution is -2.49. The standard InChI is InChI=1S/C24H28FNO3/c1-3-5-17-10-16(11-22(29-2)23(17)27)15-26-20-8-9-21(26)14-24(28,13-20)18-6-4-7-19(25)12-18/h3-4,6-7,10-12,20-21,27-28H,1,5,8-9,13-15H2,2H3/t20-,21-/m1/s1. The minimum Gasteiger partial charge on any atom is -0.504 e. The van der Waals surface area contributed by atoms with Crippen molar-refractivity contribution in [1.82, 2.24) is 4.90 Å². The molecule has 2 heterocycles. The fourth-order valence-corrected chi connectivity index (χ4v) is 5.09. The zero-order valence-electron chi connectivity index (χ0n) is 16.8. The number of rotatable bonds is 6. The third-order valence-corrected chi connectivity index (χ3v) is 6.44. The van der Waals surface area contributed by atoms with E-state index in [0.717, 1.165) is 30.5 Å². The molecule has 2 aromatic carbocycles. The van der Waals surface area contributed by atoms with Crippen molar-refractivity contribution in [1.29, 1.82) is 0 Å². The zero-order valence-corrected chi connectivity index (χ0v) is 16.8. The molecule has 0 aromatic heterocycles. The molecule has 2 aliphatic heterocycles. The number of aromatic hydroxyl groups is 1. The van der Waals surface area contributed by atoms with Gasteiger partial charge in [-0.1, -0.05) is 24.3 Å². The Kier molecular flexibility index (Phi) is 5.36. The first-order chi connectivity index (χ1) is 13.9. The van der Waals surface area contributed by atoms with Gasteiger partial charge in [0, 0.05) is 24.2 Å². The summed E-state index contributed by atoms with van der Waals surface area (Å²) < 4.78 is 19.1. The summed E-state index contributed by atoms with van der Waals surface area (Å²) in [7, 11) is 1.56. The molecule has 154 valence electrons. The number of fused-ring (bicyclic) bond motifs is 2. The Morgan fingerprint density at radius 3 is 2.59 bits per heavy atom. The van der Waals surface area contributed by atoms with Crippen LogP contribution in [-0.2, 0) is 18.6 Å². The lowest BCUT2D eigenvalue weighted by Gasteiger charge is -2.44. The van der Waals surface area contributed by atoms with Crippen molar-refractivity contribution in [3.8, 4) is 11.5 Å². The molecule has 5 heteroatoms. The van der Waals surface area contributed by atoms with E-state index in [-0.39, 0.29) is 23.7 Å². The molecule has 0 aliphatic carbocycles. The van der Waals surface area contributed by atoms with E-state index < -0.39 is 5.60 Å². The molecule has 2 bridgehead atoms. The van der Waals surface area contributed by atoms with Crippen LogP contribution in [0.3, 0.4) is 0 Å². The van der Waals surface area contributed by atoms with Gasteiger partial charge in [-0.05, 0) is 61.4 Å². The van der Waals surface area contributed by atoms with E-state index in [1.807, 2.05) is 18.2 Å². The second kappa shape index (κ2) is 7.81. The average Bonchev–Trinajstić information content (AvgIpc) is 2.94. The van der Waals surface area contributed by atoms with Gasteiger partial charge in [-0.3, -0.25) is 4.90 Å². The van der Waals surface area contributed by atoms with Crippen LogP contribution < -0.4 is 4.74 Å². The number of benzene rings is 2. The second-order valence-corrected chi connectivity index (χ2v) is 8.31. The summed E-state index contributed by atoms with van der Waals surface area (Å²) in [5, 5.41) is 21.6. The third-order valence-electron chi connectivity index (χ3n) is 6.44. The predicted octanol–water partition coefficient (Wildman–Crippen LogP) is 4.28. The SMILES string of the molecule is C=CCc1cc(CN2[C@@H]3CC[C@@H]2CC(O)(c2cccc(F)c2)C3)cc(OC)c1O. The maximum absolute atomic E-state index is 13.7. The molecule has 0 radical (unpaired) electrons. The number of halogens is 1. The molecule has 4 nitrogen and oxygen atoms in total. The van der Waals surface area contributed by atoms with Gasteiger partial charge in [0.25, 0.3) is 0 Å². The molecule has 29 heavy (non-hydrogen) atoms. The van der Waals surface area contributed by atoms with Crippen LogP contribution in [0.15, 0.2) is 49.1 Å². The summed E-state index contributed by atoms with van der Waals surface area (Å²) in [6.45, 7) is 4.50. The highest BCUT2D eigenvalue weighted by atomic mass is 19.1. The monoisotopic (exact) mass is 397 g/mol. The van der Waals surface area contributed by atoms with Crippen molar-refractivity contribution >= 4 is 0 Å². The molecule has 0 saturated carbocycles. The first kappa shape index (κ1) is 19.9. The van der Waals surface area contributed by atoms with Crippen molar-refractivity contribution in [2.45, 2.75) is 56.3 Å². The maximum Gasteiger partial charge on any atom is 0.161 e. The van der Waals surface area contributed by atoms with Gasteiger partial charge in [-0.25, -0.2) is 4.39 Å². The molecular weight excluding hydrogens is 369 g/mol. The molecule has 2 atom stereocenters. The Hall–Kier alpha value is -2.37. The lowest BCUT2D eigenvalue weighted by molar-refractivity contribution is -0.0596. The van der Waals surface area contributed by atoms with Gasteiger partial charge in [0.05, 0.1) is 12.7 Å². The minimum absolute atomic E-state index is 0.165. The number of nitrogens with zero attached hydrogens (tertiary/aromatic N) is 1. The number of phenolic OH excluding ortho intramolecular Hbond substituents is 1. The topological polar surface area (TPSA) is 52.9 Å². The van der Waals surface area contributed by atoms with Gasteiger partial charge < -0.3 is 14.9 Å². The summed E-state index contributed by atoms with van der Waals surface area (Å²) in [6.07, 6.45) is 5.58. The average molecular weight is 397 g/mol. The number of phenols is 1. The Morgan fingerprint density at radius 2 is 1.97 bits per heavy atom. The van der Waals surface area contributed by atoms with Crippen molar-refractivity contribution in [3.05, 3.63) is 71.6 Å². The molecular formula is C24H28FNO3. The zero-order chi connectivity index (χ0) is 20.6. The number of piperidine rings is 1. The van der Waals surface area contributed by atoms with Gasteiger partial charge in [0.15, 0.2) is 11.5 Å². The van der Waals surface area contributed by atoms with E-state index >= 15 is 0 Å². The van der Waals surface area contributed by atoms with Crippen LogP contribution in [0.1, 0.15) is 42.4 Å². The summed E-state index contributed by atoms with van der Waals surface area (Å²) in [4.78, 5) is 2.44. The predicted molar refractivity (Wildman–Crippen MR) is 110 cm³/mol. The Bertz CT molecular complexity index is 899. The molecule has 2 aromatic rings. The van der Waals surface area contributed by atoms with E-state index in [4.69, 9.17) is 4.74 Å². The maximum atomic E-state index is 13.7. The van der Waals surface area contributed by atoms with Gasteiger partial charge in [0.2, 0.25) is 0 Å². The Balaban J connectivity index is 1.57. The van der Waals surface area contributed by atoms with E-state index in [9.17, 15) is 14.6 Å². The number of methoxy groups -OCH3 is 1. The lowest BCUT2D eigenvalue weighted by atomic mass is 9.80. The molecule has 2 saturated heterocycles. The van der Waals surface area contributed by atoms with Gasteiger partial charge >= 0.3 is 0 Å². The molecule has 2 fully saturated rings. The van der Waals surface area contributed by atoms with Gasteiger partial charge in [0.1, 0.15) is 5.82 Å². The Morgan fingerprint density at radius 1 is 1.24 bits per heavy atom. The first-order valence-electron chi connectivity index (χ1n) is 10.2. The summed E-state index contributed by atoms with van der Waals surface area (Å²) in [5.41, 5.74) is 1.57. The molecule has 0 amide bonds. The van der Waals surface area contributed by atoms with E-state index in [0.29, 0.717) is 30.6 Å². The van der Waals surface area contributed by atoms with Crippen LogP contribution in [0.5, 0.6) is 11.5 Å². The Labute approximate surface area is 171 Å². The number of hydrogen-bond donors (Lipinski definition) is 2. The number of allylic oxidation sites excluding steroid dienone is 1. The van der Waals surface area contributed by atoms with Crippen LogP contribution in [0.25, 0.3) is 0 Å². The van der Waals surface area contributed by atoms with Crippen LogP contribution in [0.4, 0.5) is 4.39 Å². The largest absolute Gasteiger partial charge is 0.504 e. The van der Waals surface area contributed by atoms with E-state index in [1.54, 1.807) is 19.3 Å². The number of aliphatic hydroxyl groups is 1.